The monoisotopic (exact) mass is 427 g/mol. The van der Waals surface area contributed by atoms with Crippen molar-refractivity contribution in [1.82, 2.24) is 0 Å². The summed E-state index contributed by atoms with van der Waals surface area (Å²) in [4.78, 5) is 0.310. The molecule has 3 aromatic rings. The molecular weight excluding hydrogens is 406 g/mol. The van der Waals surface area contributed by atoms with Crippen LogP contribution in [0.3, 0.4) is 0 Å². The van der Waals surface area contributed by atoms with Gasteiger partial charge in [-0.05, 0) is 55.3 Å². The van der Waals surface area contributed by atoms with Crippen molar-refractivity contribution in [2.45, 2.75) is 20.5 Å². The summed E-state index contributed by atoms with van der Waals surface area (Å²) in [6.45, 7) is 1.03. The summed E-state index contributed by atoms with van der Waals surface area (Å²) in [5.41, 5.74) is 3.68. The number of halogens is 2. The zero-order chi connectivity index (χ0) is 21.7. The number of thiocarbonyl (C=S) groups is 1. The van der Waals surface area contributed by atoms with Crippen molar-refractivity contribution < 1.29 is 23.2 Å². The van der Waals surface area contributed by atoms with E-state index >= 15 is 0 Å². The minimum Gasteiger partial charge on any atom is -0.502 e. The number of pyridine rings is 1. The molecule has 0 amide bonds. The Morgan fingerprint density at radius 1 is 1.03 bits per heavy atom. The van der Waals surface area contributed by atoms with Crippen LogP contribution in [-0.2, 0) is 0 Å². The Hall–Kier alpha value is -3.32. The number of aromatic nitrogens is 1. The topological polar surface area (TPSA) is 45.4 Å². The molecule has 30 heavy (non-hydrogen) atoms. The number of aryl methyl sites for hydroxylation is 2. The van der Waals surface area contributed by atoms with Gasteiger partial charge in [-0.1, -0.05) is 30.4 Å². The third kappa shape index (κ3) is 5.18. The predicted molar refractivity (Wildman–Crippen MR) is 118 cm³/mol. The van der Waals surface area contributed by atoms with Crippen LogP contribution in [0.15, 0.2) is 73.1 Å². The second-order valence-electron chi connectivity index (χ2n) is 6.66. The van der Waals surface area contributed by atoms with Crippen LogP contribution < -0.4 is 14.6 Å². The lowest BCUT2D eigenvalue weighted by molar-refractivity contribution is -0.575. The maximum Gasteiger partial charge on any atom is 0.387 e. The van der Waals surface area contributed by atoms with Gasteiger partial charge < -0.3 is 15.2 Å². The smallest absolute Gasteiger partial charge is 0.387 e. The Morgan fingerprint density at radius 3 is 2.33 bits per heavy atom. The van der Waals surface area contributed by atoms with E-state index in [0.717, 1.165) is 16.8 Å². The maximum atomic E-state index is 12.4. The highest BCUT2D eigenvalue weighted by molar-refractivity contribution is 7.81. The van der Waals surface area contributed by atoms with Gasteiger partial charge in [0.2, 0.25) is 0 Å². The summed E-state index contributed by atoms with van der Waals surface area (Å²) in [6.07, 6.45) is 3.52. The first-order valence-corrected chi connectivity index (χ1v) is 9.59. The number of hydrogen-bond donors (Lipinski definition) is 2. The van der Waals surface area contributed by atoms with E-state index in [-0.39, 0.29) is 11.5 Å². The Bertz CT molecular complexity index is 1070. The number of rotatable bonds is 6. The Morgan fingerprint density at radius 2 is 1.70 bits per heavy atom. The van der Waals surface area contributed by atoms with Crippen molar-refractivity contribution in [3.8, 4) is 5.75 Å². The van der Waals surface area contributed by atoms with Crippen LogP contribution in [0, 0.1) is 13.8 Å². The lowest BCUT2D eigenvalue weighted by Crippen LogP contribution is -2.38. The maximum absolute atomic E-state index is 12.4. The van der Waals surface area contributed by atoms with Gasteiger partial charge in [-0.2, -0.15) is 13.3 Å². The standard InChI is InChI=1S/C23H20F2N2O2S/c1-15-6-7-16(2)19(14-15)26-22(30)20(27-12-4-3-5-13-27)21(28)17-8-10-18(11-9-17)29-23(24)25/h3-14,23H,1-2H3,(H-,26,28,30)/p+1. The lowest BCUT2D eigenvalue weighted by atomic mass is 10.1. The fourth-order valence-electron chi connectivity index (χ4n) is 2.88. The molecule has 154 valence electrons. The molecule has 0 aliphatic heterocycles. The van der Waals surface area contributed by atoms with Crippen molar-refractivity contribution in [2.75, 3.05) is 5.32 Å². The molecule has 2 aromatic carbocycles. The number of ether oxygens (including phenoxy) is 1. The van der Waals surface area contributed by atoms with E-state index in [4.69, 9.17) is 12.2 Å². The summed E-state index contributed by atoms with van der Waals surface area (Å²) < 4.78 is 30.9. The highest BCUT2D eigenvalue weighted by Crippen LogP contribution is 2.23. The molecule has 3 rings (SSSR count). The highest BCUT2D eigenvalue weighted by atomic mass is 32.1. The van der Waals surface area contributed by atoms with Gasteiger partial charge in [-0.15, -0.1) is 0 Å². The number of aliphatic hydroxyl groups excluding tert-OH is 1. The summed E-state index contributed by atoms with van der Waals surface area (Å²) in [7, 11) is 0. The van der Waals surface area contributed by atoms with Crippen molar-refractivity contribution in [2.24, 2.45) is 0 Å². The average molecular weight is 427 g/mol. The van der Waals surface area contributed by atoms with E-state index in [1.807, 2.05) is 50.2 Å². The van der Waals surface area contributed by atoms with Gasteiger partial charge >= 0.3 is 6.61 Å². The molecule has 0 aliphatic rings. The number of benzene rings is 2. The van der Waals surface area contributed by atoms with E-state index < -0.39 is 6.61 Å². The van der Waals surface area contributed by atoms with Gasteiger partial charge in [0.15, 0.2) is 23.1 Å². The second kappa shape index (κ2) is 9.45. The molecule has 0 spiro atoms. The molecule has 4 nitrogen and oxygen atoms in total. The first-order chi connectivity index (χ1) is 14.3. The quantitative estimate of drug-likeness (QED) is 0.235. The fourth-order valence-corrected chi connectivity index (χ4v) is 3.19. The summed E-state index contributed by atoms with van der Waals surface area (Å²) >= 11 is 5.63. The van der Waals surface area contributed by atoms with Crippen LogP contribution >= 0.6 is 12.2 Å². The summed E-state index contributed by atoms with van der Waals surface area (Å²) in [6, 6.07) is 17.2. The van der Waals surface area contributed by atoms with Crippen LogP contribution in [-0.4, -0.2) is 16.7 Å². The minimum absolute atomic E-state index is 0.00607. The molecular formula is C23H21F2N2O2S+. The Kier molecular flexibility index (Phi) is 6.74. The number of hydrogen-bond acceptors (Lipinski definition) is 3. The summed E-state index contributed by atoms with van der Waals surface area (Å²) in [5.74, 6) is -0.0934. The normalized spacial score (nSPS) is 11.8. The van der Waals surface area contributed by atoms with Gasteiger partial charge in [0.1, 0.15) is 5.75 Å². The largest absolute Gasteiger partial charge is 0.502 e. The molecule has 0 saturated carbocycles. The number of nitrogens with one attached hydrogen (secondary N) is 1. The zero-order valence-electron chi connectivity index (χ0n) is 16.5. The molecule has 0 bridgehead atoms. The van der Waals surface area contributed by atoms with Crippen LogP contribution in [0.25, 0.3) is 11.5 Å². The fraction of sp³-hybridized carbons (Fsp3) is 0.130. The third-order valence-corrected chi connectivity index (χ3v) is 4.70. The number of anilines is 1. The van der Waals surface area contributed by atoms with E-state index in [1.54, 1.807) is 17.0 Å². The van der Waals surface area contributed by atoms with Crippen molar-refractivity contribution in [1.29, 1.82) is 0 Å². The molecule has 0 aliphatic carbocycles. The molecule has 0 fully saturated rings. The van der Waals surface area contributed by atoms with Gasteiger partial charge in [0.05, 0.1) is 0 Å². The molecule has 0 atom stereocenters. The highest BCUT2D eigenvalue weighted by Gasteiger charge is 2.24. The van der Waals surface area contributed by atoms with E-state index in [0.29, 0.717) is 16.2 Å². The molecule has 1 heterocycles. The zero-order valence-corrected chi connectivity index (χ0v) is 17.3. The number of nitrogens with zero attached hydrogens (tertiary/aromatic N) is 1. The molecule has 7 heteroatoms. The molecule has 2 N–H and O–H groups in total. The second-order valence-corrected chi connectivity index (χ2v) is 7.06. The van der Waals surface area contributed by atoms with Gasteiger partial charge in [0.25, 0.3) is 5.70 Å². The van der Waals surface area contributed by atoms with Gasteiger partial charge in [-0.25, -0.2) is 0 Å². The summed E-state index contributed by atoms with van der Waals surface area (Å²) in [5, 5.41) is 14.2. The van der Waals surface area contributed by atoms with Crippen LogP contribution in [0.2, 0.25) is 0 Å². The van der Waals surface area contributed by atoms with Gasteiger partial charge in [0, 0.05) is 23.4 Å². The molecule has 1 aromatic heterocycles. The third-order valence-electron chi connectivity index (χ3n) is 4.41. The van der Waals surface area contributed by atoms with E-state index in [2.05, 4.69) is 10.1 Å². The SMILES string of the molecule is Cc1ccc(C)c(NC(=S)/C(=C(/O)c2ccc(OC(F)F)cc2)[n+]2ccccc2)c1. The molecule has 0 saturated heterocycles. The predicted octanol–water partition coefficient (Wildman–Crippen LogP) is 5.52. The van der Waals surface area contributed by atoms with Crippen LogP contribution in [0.1, 0.15) is 16.7 Å². The first-order valence-electron chi connectivity index (χ1n) is 9.19. The van der Waals surface area contributed by atoms with Crippen LogP contribution in [0.5, 0.6) is 5.75 Å². The number of alkyl halides is 2. The van der Waals surface area contributed by atoms with E-state index in [9.17, 15) is 13.9 Å². The average Bonchev–Trinajstić information content (AvgIpc) is 2.72. The van der Waals surface area contributed by atoms with Crippen LogP contribution in [0.4, 0.5) is 14.5 Å². The molecule has 0 radical (unpaired) electrons. The number of aliphatic hydroxyl groups is 1. The van der Waals surface area contributed by atoms with Crippen molar-refractivity contribution in [3.63, 3.8) is 0 Å². The first kappa shape index (κ1) is 21.4. The van der Waals surface area contributed by atoms with Gasteiger partial charge in [-0.3, -0.25) is 0 Å². The Balaban J connectivity index is 2.02. The lowest BCUT2D eigenvalue weighted by Gasteiger charge is -2.13. The van der Waals surface area contributed by atoms with Crippen molar-refractivity contribution in [3.05, 3.63) is 89.7 Å². The molecule has 0 unspecified atom stereocenters. The Labute approximate surface area is 179 Å². The minimum atomic E-state index is -2.91. The van der Waals surface area contributed by atoms with E-state index in [1.165, 1.54) is 24.3 Å². The van der Waals surface area contributed by atoms with Crippen molar-refractivity contribution >= 4 is 34.3 Å².